The van der Waals surface area contributed by atoms with Crippen molar-refractivity contribution in [1.82, 2.24) is 10.2 Å². The van der Waals surface area contributed by atoms with Crippen LogP contribution in [-0.4, -0.2) is 49.4 Å². The smallest absolute Gasteiger partial charge is 0.310 e. The summed E-state index contributed by atoms with van der Waals surface area (Å²) in [6, 6.07) is 0. The van der Waals surface area contributed by atoms with E-state index in [1.54, 1.807) is 4.90 Å². The summed E-state index contributed by atoms with van der Waals surface area (Å²) < 4.78 is 4.70. The molecule has 0 aromatic carbocycles. The molecule has 0 bridgehead atoms. The van der Waals surface area contributed by atoms with E-state index in [0.717, 1.165) is 12.8 Å². The lowest BCUT2D eigenvalue weighted by atomic mass is 9.98. The molecular formula is C12H20N2O4. The van der Waals surface area contributed by atoms with Crippen LogP contribution in [0.3, 0.4) is 0 Å². The van der Waals surface area contributed by atoms with Crippen LogP contribution in [0.4, 0.5) is 0 Å². The Bertz CT molecular complexity index is 330. The van der Waals surface area contributed by atoms with Crippen molar-refractivity contribution in [2.75, 3.05) is 26.7 Å². The van der Waals surface area contributed by atoms with Crippen LogP contribution in [0, 0.1) is 5.92 Å². The summed E-state index contributed by atoms with van der Waals surface area (Å²) in [5.74, 6) is -0.644. The number of likely N-dealkylation sites (tertiary alicyclic amines) is 1. The fourth-order valence-corrected chi connectivity index (χ4v) is 2.07. The Kier molecular flexibility index (Phi) is 5.61. The molecule has 1 aliphatic rings. The lowest BCUT2D eigenvalue weighted by Gasteiger charge is -2.31. The van der Waals surface area contributed by atoms with Gasteiger partial charge in [-0.2, -0.15) is 0 Å². The third-order valence-corrected chi connectivity index (χ3v) is 3.02. The summed E-state index contributed by atoms with van der Waals surface area (Å²) in [5.41, 5.74) is 0. The quantitative estimate of drug-likeness (QED) is 0.714. The highest BCUT2D eigenvalue weighted by Gasteiger charge is 2.28. The standard InChI is InChI=1S/C12H20N2O4/c1-9(15)13-6-5-11(16)14-7-3-4-10(8-14)12(17)18-2/h10H,3-8H2,1-2H3,(H,13,15). The molecule has 0 radical (unpaired) electrons. The zero-order valence-electron chi connectivity index (χ0n) is 10.9. The number of rotatable bonds is 4. The highest BCUT2D eigenvalue weighted by atomic mass is 16.5. The van der Waals surface area contributed by atoms with Crippen LogP contribution in [-0.2, 0) is 19.1 Å². The first-order valence-electron chi connectivity index (χ1n) is 6.14. The second-order valence-corrected chi connectivity index (χ2v) is 4.44. The monoisotopic (exact) mass is 256 g/mol. The number of nitrogens with zero attached hydrogens (tertiary/aromatic N) is 1. The molecule has 1 fully saturated rings. The Morgan fingerprint density at radius 2 is 2.11 bits per heavy atom. The fraction of sp³-hybridized carbons (Fsp3) is 0.750. The largest absolute Gasteiger partial charge is 0.469 e. The van der Waals surface area contributed by atoms with Crippen molar-refractivity contribution in [1.29, 1.82) is 0 Å². The average Bonchev–Trinajstić information content (AvgIpc) is 2.37. The lowest BCUT2D eigenvalue weighted by Crippen LogP contribution is -2.43. The molecule has 102 valence electrons. The highest BCUT2D eigenvalue weighted by molar-refractivity contribution is 5.79. The second kappa shape index (κ2) is 6.98. The third kappa shape index (κ3) is 4.35. The maximum atomic E-state index is 11.9. The minimum Gasteiger partial charge on any atom is -0.469 e. The number of ether oxygens (including phenoxy) is 1. The van der Waals surface area contributed by atoms with Gasteiger partial charge in [-0.1, -0.05) is 0 Å². The topological polar surface area (TPSA) is 75.7 Å². The van der Waals surface area contributed by atoms with Crippen molar-refractivity contribution in [2.24, 2.45) is 5.92 Å². The molecule has 1 N–H and O–H groups in total. The Morgan fingerprint density at radius 1 is 1.39 bits per heavy atom. The maximum absolute atomic E-state index is 11.9. The number of carbonyl (C=O) groups excluding carboxylic acids is 3. The van der Waals surface area contributed by atoms with Crippen molar-refractivity contribution < 1.29 is 19.1 Å². The highest BCUT2D eigenvalue weighted by Crippen LogP contribution is 2.18. The molecule has 0 spiro atoms. The van der Waals surface area contributed by atoms with Crippen LogP contribution in [0.15, 0.2) is 0 Å². The van der Waals surface area contributed by atoms with E-state index in [4.69, 9.17) is 4.74 Å². The van der Waals surface area contributed by atoms with E-state index in [1.807, 2.05) is 0 Å². The number of esters is 1. The molecule has 2 amide bonds. The molecule has 6 heteroatoms. The molecule has 1 heterocycles. The number of hydrogen-bond donors (Lipinski definition) is 1. The zero-order valence-corrected chi connectivity index (χ0v) is 10.9. The van der Waals surface area contributed by atoms with Gasteiger partial charge in [0.2, 0.25) is 11.8 Å². The number of piperidine rings is 1. The molecule has 0 aromatic heterocycles. The molecule has 6 nitrogen and oxygen atoms in total. The maximum Gasteiger partial charge on any atom is 0.310 e. The minimum atomic E-state index is -0.255. The van der Waals surface area contributed by atoms with Gasteiger partial charge in [0.05, 0.1) is 13.0 Å². The van der Waals surface area contributed by atoms with Crippen molar-refractivity contribution in [3.63, 3.8) is 0 Å². The molecule has 1 unspecified atom stereocenters. The second-order valence-electron chi connectivity index (χ2n) is 4.44. The van der Waals surface area contributed by atoms with Gasteiger partial charge in [-0.05, 0) is 12.8 Å². The van der Waals surface area contributed by atoms with Crippen LogP contribution in [0.25, 0.3) is 0 Å². The van der Waals surface area contributed by atoms with E-state index in [2.05, 4.69) is 5.32 Å². The molecular weight excluding hydrogens is 236 g/mol. The van der Waals surface area contributed by atoms with E-state index in [9.17, 15) is 14.4 Å². The van der Waals surface area contributed by atoms with Crippen molar-refractivity contribution >= 4 is 17.8 Å². The Labute approximate surface area is 107 Å². The SMILES string of the molecule is COC(=O)C1CCCN(C(=O)CCNC(C)=O)C1. The first kappa shape index (κ1) is 14.5. The van der Waals surface area contributed by atoms with Gasteiger partial charge in [0.25, 0.3) is 0 Å². The summed E-state index contributed by atoms with van der Waals surface area (Å²) in [7, 11) is 1.36. The van der Waals surface area contributed by atoms with E-state index < -0.39 is 0 Å². The molecule has 1 rings (SSSR count). The summed E-state index contributed by atoms with van der Waals surface area (Å²) in [4.78, 5) is 35.6. The number of hydrogen-bond acceptors (Lipinski definition) is 4. The van der Waals surface area contributed by atoms with Gasteiger partial charge in [0.15, 0.2) is 0 Å². The van der Waals surface area contributed by atoms with Gasteiger partial charge in [-0.3, -0.25) is 14.4 Å². The first-order valence-corrected chi connectivity index (χ1v) is 6.14. The van der Waals surface area contributed by atoms with Crippen LogP contribution in [0.5, 0.6) is 0 Å². The van der Waals surface area contributed by atoms with Crippen molar-refractivity contribution in [3.05, 3.63) is 0 Å². The van der Waals surface area contributed by atoms with Gasteiger partial charge in [0, 0.05) is 33.0 Å². The average molecular weight is 256 g/mol. The number of nitrogens with one attached hydrogen (secondary N) is 1. The van der Waals surface area contributed by atoms with Gasteiger partial charge in [-0.25, -0.2) is 0 Å². The Balaban J connectivity index is 2.38. The van der Waals surface area contributed by atoms with Crippen molar-refractivity contribution in [3.8, 4) is 0 Å². The van der Waals surface area contributed by atoms with Gasteiger partial charge in [0.1, 0.15) is 0 Å². The molecule has 1 saturated heterocycles. The molecule has 18 heavy (non-hydrogen) atoms. The Morgan fingerprint density at radius 3 is 2.72 bits per heavy atom. The lowest BCUT2D eigenvalue weighted by molar-refractivity contribution is -0.148. The molecule has 0 aromatic rings. The number of carbonyl (C=O) groups is 3. The fourth-order valence-electron chi connectivity index (χ4n) is 2.07. The van der Waals surface area contributed by atoms with Crippen LogP contribution >= 0.6 is 0 Å². The number of methoxy groups -OCH3 is 1. The first-order chi connectivity index (χ1) is 8.54. The van der Waals surface area contributed by atoms with Gasteiger partial charge < -0.3 is 15.0 Å². The summed E-state index contributed by atoms with van der Waals surface area (Å²) in [6.07, 6.45) is 1.85. The van der Waals surface area contributed by atoms with Crippen molar-refractivity contribution in [2.45, 2.75) is 26.2 Å². The molecule has 0 aliphatic carbocycles. The van der Waals surface area contributed by atoms with E-state index in [0.29, 0.717) is 19.6 Å². The summed E-state index contributed by atoms with van der Waals surface area (Å²) in [5, 5.41) is 2.58. The van der Waals surface area contributed by atoms with E-state index in [-0.39, 0.29) is 30.1 Å². The van der Waals surface area contributed by atoms with E-state index >= 15 is 0 Å². The number of amides is 2. The third-order valence-electron chi connectivity index (χ3n) is 3.02. The summed E-state index contributed by atoms with van der Waals surface area (Å²) in [6.45, 7) is 2.85. The van der Waals surface area contributed by atoms with Crippen LogP contribution < -0.4 is 5.32 Å². The molecule has 1 aliphatic heterocycles. The summed E-state index contributed by atoms with van der Waals surface area (Å²) >= 11 is 0. The van der Waals surface area contributed by atoms with Crippen LogP contribution in [0.1, 0.15) is 26.2 Å². The minimum absolute atomic E-state index is 0.0302. The normalized spacial score (nSPS) is 19.2. The van der Waals surface area contributed by atoms with Gasteiger partial charge in [-0.15, -0.1) is 0 Å². The predicted octanol–water partition coefficient (Wildman–Crippen LogP) is -0.0758. The molecule has 0 saturated carbocycles. The van der Waals surface area contributed by atoms with Crippen LogP contribution in [0.2, 0.25) is 0 Å². The van der Waals surface area contributed by atoms with E-state index in [1.165, 1.54) is 14.0 Å². The zero-order chi connectivity index (χ0) is 13.5. The predicted molar refractivity (Wildman–Crippen MR) is 64.6 cm³/mol. The Hall–Kier alpha value is -1.59. The molecule has 1 atom stereocenters. The van der Waals surface area contributed by atoms with Gasteiger partial charge >= 0.3 is 5.97 Å².